The molecule has 0 aliphatic carbocycles. The predicted octanol–water partition coefficient (Wildman–Crippen LogP) is 2.60. The van der Waals surface area contributed by atoms with Crippen molar-refractivity contribution in [3.63, 3.8) is 0 Å². The summed E-state index contributed by atoms with van der Waals surface area (Å²) in [5.74, 6) is -0.177. The lowest BCUT2D eigenvalue weighted by Crippen LogP contribution is -2.35. The number of allylic oxidation sites excluding steroid dienone is 2. The molecular weight excluding hydrogens is 388 g/mol. The summed E-state index contributed by atoms with van der Waals surface area (Å²) in [5, 5.41) is 2.85. The molecular formula is C24H30N6O. The lowest BCUT2D eigenvalue weighted by atomic mass is 10.0. The smallest absolute Gasteiger partial charge is 0.241 e. The van der Waals surface area contributed by atoms with Crippen molar-refractivity contribution in [1.29, 1.82) is 0 Å². The molecule has 0 saturated carbocycles. The number of benzene rings is 2. The van der Waals surface area contributed by atoms with Crippen molar-refractivity contribution in [3.8, 4) is 0 Å². The second-order valence-corrected chi connectivity index (χ2v) is 7.52. The van der Waals surface area contributed by atoms with Crippen LogP contribution in [0.1, 0.15) is 24.0 Å². The number of fused-ring (bicyclic) bond motifs is 1. The van der Waals surface area contributed by atoms with E-state index in [1.807, 2.05) is 24.3 Å². The van der Waals surface area contributed by atoms with Crippen LogP contribution in [0.15, 0.2) is 71.4 Å². The van der Waals surface area contributed by atoms with E-state index in [9.17, 15) is 4.79 Å². The van der Waals surface area contributed by atoms with Crippen molar-refractivity contribution in [2.75, 3.05) is 23.8 Å². The van der Waals surface area contributed by atoms with Crippen molar-refractivity contribution in [2.24, 2.45) is 22.2 Å². The average molecular weight is 419 g/mol. The van der Waals surface area contributed by atoms with Crippen LogP contribution in [0, 0.1) is 0 Å². The number of anilines is 2. The molecule has 0 unspecified atom stereocenters. The zero-order chi connectivity index (χ0) is 22.2. The number of hydrogen-bond donors (Lipinski definition) is 4. The Morgan fingerprint density at radius 1 is 1.16 bits per heavy atom. The van der Waals surface area contributed by atoms with Gasteiger partial charge in [-0.1, -0.05) is 42.5 Å². The standard InChI is InChI=1S/C24H30N6O/c1-30-20(15-11-18-5-2-3-7-22(18)30)14-10-17-8-12-19(13-9-17)29-23(31)21(25)6-4-16-28-24(26)27/h2-3,5,7-10,12-15,21H,4,6,11,16,25H2,1H3,(H,29,31)(H4,26,27,28)/b14-10+/t21-/m1/s1. The zero-order valence-electron chi connectivity index (χ0n) is 17.8. The van der Waals surface area contributed by atoms with Crippen molar-refractivity contribution < 1.29 is 4.79 Å². The van der Waals surface area contributed by atoms with Crippen LogP contribution in [0.3, 0.4) is 0 Å². The zero-order valence-corrected chi connectivity index (χ0v) is 17.8. The fourth-order valence-electron chi connectivity index (χ4n) is 3.43. The first-order valence-electron chi connectivity index (χ1n) is 10.4. The molecule has 0 spiro atoms. The third-order valence-electron chi connectivity index (χ3n) is 5.20. The predicted molar refractivity (Wildman–Crippen MR) is 129 cm³/mol. The number of nitrogens with one attached hydrogen (secondary N) is 1. The summed E-state index contributed by atoms with van der Waals surface area (Å²) in [6.45, 7) is 0.460. The summed E-state index contributed by atoms with van der Waals surface area (Å²) in [6, 6.07) is 15.5. The molecule has 0 saturated heterocycles. The first-order chi connectivity index (χ1) is 14.9. The molecule has 1 heterocycles. The van der Waals surface area contributed by atoms with E-state index < -0.39 is 6.04 Å². The number of aliphatic imine (C=N–C) groups is 1. The second-order valence-electron chi connectivity index (χ2n) is 7.52. The lowest BCUT2D eigenvalue weighted by Gasteiger charge is -2.27. The number of nitrogens with zero attached hydrogens (tertiary/aromatic N) is 2. The van der Waals surface area contributed by atoms with Gasteiger partial charge in [0.15, 0.2) is 5.96 Å². The van der Waals surface area contributed by atoms with Crippen LogP contribution >= 0.6 is 0 Å². The molecule has 1 amide bonds. The maximum atomic E-state index is 12.2. The van der Waals surface area contributed by atoms with Crippen molar-refractivity contribution in [3.05, 3.63) is 77.5 Å². The topological polar surface area (TPSA) is 123 Å². The first-order valence-corrected chi connectivity index (χ1v) is 10.4. The molecule has 162 valence electrons. The number of para-hydroxylation sites is 1. The average Bonchev–Trinajstić information content (AvgIpc) is 2.77. The quantitative estimate of drug-likeness (QED) is 0.298. The Labute approximate surface area is 183 Å². The minimum Gasteiger partial charge on any atom is -0.370 e. The number of carbonyl (C=O) groups excluding carboxylic acids is 1. The van der Waals surface area contributed by atoms with Crippen molar-refractivity contribution in [1.82, 2.24) is 0 Å². The minimum absolute atomic E-state index is 0.0448. The molecule has 1 aliphatic heterocycles. The highest BCUT2D eigenvalue weighted by atomic mass is 16.2. The van der Waals surface area contributed by atoms with Gasteiger partial charge < -0.3 is 27.4 Å². The summed E-state index contributed by atoms with van der Waals surface area (Å²) in [5.41, 5.74) is 22.0. The molecule has 0 fully saturated rings. The Morgan fingerprint density at radius 3 is 2.65 bits per heavy atom. The third-order valence-corrected chi connectivity index (χ3v) is 5.20. The van der Waals surface area contributed by atoms with Gasteiger partial charge in [-0.05, 0) is 54.7 Å². The molecule has 2 aromatic rings. The molecule has 3 rings (SSSR count). The molecule has 7 N–H and O–H groups in total. The number of hydrogen-bond acceptors (Lipinski definition) is 4. The maximum absolute atomic E-state index is 12.2. The van der Waals surface area contributed by atoms with Crippen molar-refractivity contribution in [2.45, 2.75) is 25.3 Å². The Morgan fingerprint density at radius 2 is 1.90 bits per heavy atom. The van der Waals surface area contributed by atoms with E-state index in [2.05, 4.69) is 64.8 Å². The number of rotatable bonds is 8. The molecule has 31 heavy (non-hydrogen) atoms. The highest BCUT2D eigenvalue weighted by molar-refractivity contribution is 5.94. The molecule has 7 heteroatoms. The van der Waals surface area contributed by atoms with Gasteiger partial charge in [0.05, 0.1) is 6.04 Å². The van der Waals surface area contributed by atoms with E-state index in [1.54, 1.807) is 0 Å². The summed E-state index contributed by atoms with van der Waals surface area (Å²) in [6.07, 6.45) is 8.48. The molecule has 1 aliphatic rings. The van der Waals surface area contributed by atoms with Gasteiger partial charge in [0.2, 0.25) is 5.91 Å². The second kappa shape index (κ2) is 10.4. The van der Waals surface area contributed by atoms with Gasteiger partial charge in [-0.3, -0.25) is 9.79 Å². The van der Waals surface area contributed by atoms with Crippen LogP contribution in [0.2, 0.25) is 0 Å². The van der Waals surface area contributed by atoms with Crippen LogP contribution in [0.5, 0.6) is 0 Å². The lowest BCUT2D eigenvalue weighted by molar-refractivity contribution is -0.117. The van der Waals surface area contributed by atoms with Gasteiger partial charge >= 0.3 is 0 Å². The number of amides is 1. The fraction of sp³-hybridized carbons (Fsp3) is 0.250. The number of nitrogens with two attached hydrogens (primary N) is 3. The first kappa shape index (κ1) is 22.1. The van der Waals surface area contributed by atoms with E-state index in [4.69, 9.17) is 17.2 Å². The molecule has 0 aromatic heterocycles. The Balaban J connectivity index is 1.53. The van der Waals surface area contributed by atoms with Gasteiger partial charge in [0.25, 0.3) is 0 Å². The molecule has 0 bridgehead atoms. The summed E-state index contributed by atoms with van der Waals surface area (Å²) in [4.78, 5) is 18.3. The van der Waals surface area contributed by atoms with E-state index in [1.165, 1.54) is 11.3 Å². The van der Waals surface area contributed by atoms with Crippen LogP contribution in [0.25, 0.3) is 6.08 Å². The number of guanidine groups is 1. The van der Waals surface area contributed by atoms with Crippen LogP contribution in [-0.4, -0.2) is 31.5 Å². The largest absolute Gasteiger partial charge is 0.370 e. The van der Waals surface area contributed by atoms with E-state index in [-0.39, 0.29) is 11.9 Å². The fourth-order valence-corrected chi connectivity index (χ4v) is 3.43. The number of likely N-dealkylation sites (N-methyl/N-ethyl adjacent to an activating group) is 1. The van der Waals surface area contributed by atoms with Crippen molar-refractivity contribution >= 4 is 29.3 Å². The Hall–Kier alpha value is -3.58. The van der Waals surface area contributed by atoms with Gasteiger partial charge in [-0.2, -0.15) is 0 Å². The van der Waals surface area contributed by atoms with Crippen LogP contribution < -0.4 is 27.4 Å². The van der Waals surface area contributed by atoms with Gasteiger partial charge in [0, 0.05) is 30.7 Å². The SMILES string of the molecule is CN1C(/C=C/c2ccc(NC(=O)[C@H](N)CCCN=C(N)N)cc2)=CCc2ccccc21. The summed E-state index contributed by atoms with van der Waals surface area (Å²) < 4.78 is 0. The summed E-state index contributed by atoms with van der Waals surface area (Å²) >= 11 is 0. The Kier molecular flexibility index (Phi) is 7.45. The highest BCUT2D eigenvalue weighted by Crippen LogP contribution is 2.28. The monoisotopic (exact) mass is 418 g/mol. The normalized spacial score (nSPS) is 14.0. The van der Waals surface area contributed by atoms with E-state index >= 15 is 0 Å². The van der Waals surface area contributed by atoms with Crippen LogP contribution in [0.4, 0.5) is 11.4 Å². The van der Waals surface area contributed by atoms with E-state index in [0.717, 1.165) is 17.7 Å². The van der Waals surface area contributed by atoms with Gasteiger partial charge in [-0.25, -0.2) is 0 Å². The third kappa shape index (κ3) is 6.20. The summed E-state index contributed by atoms with van der Waals surface area (Å²) in [7, 11) is 2.08. The van der Waals surface area contributed by atoms with E-state index in [0.29, 0.717) is 25.1 Å². The highest BCUT2D eigenvalue weighted by Gasteiger charge is 2.14. The number of carbonyl (C=O) groups is 1. The molecule has 0 radical (unpaired) electrons. The minimum atomic E-state index is -0.606. The van der Waals surface area contributed by atoms with Gasteiger partial charge in [0.1, 0.15) is 0 Å². The molecule has 2 aromatic carbocycles. The molecule has 7 nitrogen and oxygen atoms in total. The molecule has 1 atom stereocenters. The maximum Gasteiger partial charge on any atom is 0.241 e. The van der Waals surface area contributed by atoms with Gasteiger partial charge in [-0.15, -0.1) is 0 Å². The van der Waals surface area contributed by atoms with Crippen LogP contribution in [-0.2, 0) is 11.2 Å². The Bertz CT molecular complexity index is 989.